The second-order valence-electron chi connectivity index (χ2n) is 11.5. The molecule has 0 unspecified atom stereocenters. The van der Waals surface area contributed by atoms with Gasteiger partial charge < -0.3 is 0 Å². The van der Waals surface area contributed by atoms with Gasteiger partial charge in [0.15, 0.2) is 0 Å². The summed E-state index contributed by atoms with van der Waals surface area (Å²) in [5.41, 5.74) is 6.59. The molecule has 6 aromatic rings. The first kappa shape index (κ1) is 24.6. The largest absolute Gasteiger partial charge is 0.418 e. The minimum Gasteiger partial charge on any atom is -0.256 e. The molecule has 40 heavy (non-hydrogen) atoms. The Morgan fingerprint density at radius 3 is 1.90 bits per heavy atom. The van der Waals surface area contributed by atoms with Crippen LogP contribution in [0.3, 0.4) is 0 Å². The summed E-state index contributed by atoms with van der Waals surface area (Å²) in [4.78, 5) is 4.37. The summed E-state index contributed by atoms with van der Waals surface area (Å²) in [6, 6.07) is 31.7. The molecule has 1 aromatic heterocycles. The van der Waals surface area contributed by atoms with Crippen LogP contribution in [-0.4, -0.2) is 4.98 Å². The molecule has 1 nitrogen and oxygen atoms in total. The number of halogens is 3. The summed E-state index contributed by atoms with van der Waals surface area (Å²) in [6.07, 6.45) is -3.55. The van der Waals surface area contributed by atoms with E-state index in [9.17, 15) is 13.2 Å². The molecule has 196 valence electrons. The van der Waals surface area contributed by atoms with Crippen molar-refractivity contribution in [1.82, 2.24) is 4.98 Å². The Kier molecular flexibility index (Phi) is 5.24. The molecule has 4 heteroatoms. The summed E-state index contributed by atoms with van der Waals surface area (Å²) < 4.78 is 43.3. The van der Waals surface area contributed by atoms with E-state index in [0.29, 0.717) is 11.3 Å². The van der Waals surface area contributed by atoms with Gasteiger partial charge in [-0.1, -0.05) is 99.6 Å². The van der Waals surface area contributed by atoms with Crippen molar-refractivity contribution >= 4 is 21.5 Å². The van der Waals surface area contributed by atoms with Crippen molar-refractivity contribution in [3.63, 3.8) is 0 Å². The van der Waals surface area contributed by atoms with Gasteiger partial charge in [-0.3, -0.25) is 4.98 Å². The van der Waals surface area contributed by atoms with E-state index in [1.807, 2.05) is 66.7 Å². The van der Waals surface area contributed by atoms with Gasteiger partial charge in [-0.15, -0.1) is 0 Å². The van der Waals surface area contributed by atoms with Gasteiger partial charge in [0.05, 0.1) is 11.3 Å². The highest BCUT2D eigenvalue weighted by molar-refractivity contribution is 6.18. The minimum absolute atomic E-state index is 0.141. The van der Waals surface area contributed by atoms with Gasteiger partial charge in [-0.25, -0.2) is 0 Å². The summed E-state index contributed by atoms with van der Waals surface area (Å²) in [6.45, 7) is 6.44. The van der Waals surface area contributed by atoms with E-state index in [0.717, 1.165) is 61.1 Å². The topological polar surface area (TPSA) is 12.9 Å². The number of aromatic nitrogens is 1. The van der Waals surface area contributed by atoms with Crippen LogP contribution in [0.1, 0.15) is 31.9 Å². The van der Waals surface area contributed by atoms with Crippen molar-refractivity contribution < 1.29 is 13.2 Å². The molecule has 1 heterocycles. The summed E-state index contributed by atoms with van der Waals surface area (Å²) in [7, 11) is 0. The predicted octanol–water partition coefficient (Wildman–Crippen LogP) is 10.7. The Balaban J connectivity index is 1.50. The van der Waals surface area contributed by atoms with Gasteiger partial charge in [-0.2, -0.15) is 13.2 Å². The second-order valence-corrected chi connectivity index (χ2v) is 11.5. The molecule has 1 aliphatic carbocycles. The Morgan fingerprint density at radius 1 is 0.550 bits per heavy atom. The van der Waals surface area contributed by atoms with E-state index in [-0.39, 0.29) is 11.0 Å². The first-order valence-electron chi connectivity index (χ1n) is 13.4. The Bertz CT molecular complexity index is 1950. The normalized spacial score (nSPS) is 12.8. The predicted molar refractivity (Wildman–Crippen MR) is 158 cm³/mol. The maximum absolute atomic E-state index is 14.4. The lowest BCUT2D eigenvalue weighted by Crippen LogP contribution is -2.12. The third kappa shape index (κ3) is 3.74. The first-order chi connectivity index (χ1) is 19.1. The van der Waals surface area contributed by atoms with Crippen molar-refractivity contribution in [3.8, 4) is 44.6 Å². The van der Waals surface area contributed by atoms with Gasteiger partial charge >= 0.3 is 6.18 Å². The number of hydrogen-bond donors (Lipinski definition) is 0. The fourth-order valence-corrected chi connectivity index (χ4v) is 6.18. The standard InChI is InChI=1S/C36H26F3N/c1-35(2,3)31-18-22(17-21-9-4-5-10-23(21)31)33-19-30(32(20-40-33)36(37,38)39)26-15-16-29-25-12-7-6-11-24(25)27-13-8-14-28(26)34(27)29/h4-20H,1-3H3. The number of nitrogens with zero attached hydrogens (tertiary/aromatic N) is 1. The summed E-state index contributed by atoms with van der Waals surface area (Å²) >= 11 is 0. The lowest BCUT2D eigenvalue weighted by atomic mass is 9.82. The summed E-state index contributed by atoms with van der Waals surface area (Å²) in [5, 5.41) is 3.98. The van der Waals surface area contributed by atoms with Crippen LogP contribution in [0.4, 0.5) is 13.2 Å². The number of rotatable bonds is 2. The van der Waals surface area contributed by atoms with Crippen LogP contribution in [0.5, 0.6) is 0 Å². The SMILES string of the molecule is CC(C)(C)c1cc(-c2cc(-c3ccc4c5c(cccc35)-c3ccccc3-4)c(C(F)(F)F)cn2)cc2ccccc12. The van der Waals surface area contributed by atoms with Gasteiger partial charge in [0.1, 0.15) is 0 Å². The molecule has 0 bridgehead atoms. The lowest BCUT2D eigenvalue weighted by molar-refractivity contribution is -0.137. The molecular formula is C36H26F3N. The number of benzene rings is 5. The number of pyridine rings is 1. The average Bonchev–Trinajstić information content (AvgIpc) is 3.26. The maximum atomic E-state index is 14.4. The van der Waals surface area contributed by atoms with Gasteiger partial charge in [-0.05, 0) is 84.1 Å². The Morgan fingerprint density at radius 2 is 1.18 bits per heavy atom. The second kappa shape index (κ2) is 8.53. The Hall–Kier alpha value is -4.44. The molecule has 0 spiro atoms. The highest BCUT2D eigenvalue weighted by Gasteiger charge is 2.35. The van der Waals surface area contributed by atoms with Crippen LogP contribution in [-0.2, 0) is 11.6 Å². The third-order valence-corrected chi connectivity index (χ3v) is 8.01. The van der Waals surface area contributed by atoms with Crippen LogP contribution in [0.25, 0.3) is 66.2 Å². The molecule has 0 saturated carbocycles. The van der Waals surface area contributed by atoms with Gasteiger partial charge in [0, 0.05) is 11.8 Å². The highest BCUT2D eigenvalue weighted by Crippen LogP contribution is 2.50. The van der Waals surface area contributed by atoms with Crippen LogP contribution in [0.15, 0.2) is 103 Å². The van der Waals surface area contributed by atoms with Crippen molar-refractivity contribution in [1.29, 1.82) is 0 Å². The minimum atomic E-state index is -4.55. The van der Waals surface area contributed by atoms with Gasteiger partial charge in [0.2, 0.25) is 0 Å². The van der Waals surface area contributed by atoms with Crippen LogP contribution >= 0.6 is 0 Å². The third-order valence-electron chi connectivity index (χ3n) is 8.01. The molecule has 0 atom stereocenters. The highest BCUT2D eigenvalue weighted by atomic mass is 19.4. The van der Waals surface area contributed by atoms with E-state index < -0.39 is 11.7 Å². The van der Waals surface area contributed by atoms with Crippen LogP contribution in [0.2, 0.25) is 0 Å². The van der Waals surface area contributed by atoms with Crippen molar-refractivity contribution in [3.05, 3.63) is 114 Å². The van der Waals surface area contributed by atoms with E-state index in [1.54, 1.807) is 6.07 Å². The summed E-state index contributed by atoms with van der Waals surface area (Å²) in [5.74, 6) is 0. The van der Waals surface area contributed by atoms with E-state index in [2.05, 4.69) is 50.0 Å². The molecule has 7 rings (SSSR count). The molecule has 0 radical (unpaired) electrons. The molecule has 0 N–H and O–H groups in total. The quantitative estimate of drug-likeness (QED) is 0.217. The number of alkyl halides is 3. The fraction of sp³-hybridized carbons (Fsp3) is 0.139. The van der Waals surface area contributed by atoms with E-state index >= 15 is 0 Å². The number of hydrogen-bond acceptors (Lipinski definition) is 1. The zero-order valence-corrected chi connectivity index (χ0v) is 22.4. The Labute approximate surface area is 231 Å². The van der Waals surface area contributed by atoms with Crippen LogP contribution < -0.4 is 0 Å². The molecule has 0 aliphatic heterocycles. The maximum Gasteiger partial charge on any atom is 0.418 e. The zero-order chi connectivity index (χ0) is 27.8. The molecule has 0 fully saturated rings. The first-order valence-corrected chi connectivity index (χ1v) is 13.4. The van der Waals surface area contributed by atoms with Gasteiger partial charge in [0.25, 0.3) is 0 Å². The molecule has 0 saturated heterocycles. The van der Waals surface area contributed by atoms with Crippen molar-refractivity contribution in [2.24, 2.45) is 0 Å². The number of fused-ring (bicyclic) bond motifs is 4. The average molecular weight is 530 g/mol. The molecule has 5 aromatic carbocycles. The molecule has 0 amide bonds. The van der Waals surface area contributed by atoms with Crippen molar-refractivity contribution in [2.45, 2.75) is 32.4 Å². The smallest absolute Gasteiger partial charge is 0.256 e. The monoisotopic (exact) mass is 529 g/mol. The van der Waals surface area contributed by atoms with E-state index in [1.165, 1.54) is 0 Å². The fourth-order valence-electron chi connectivity index (χ4n) is 6.18. The molecular weight excluding hydrogens is 503 g/mol. The van der Waals surface area contributed by atoms with Crippen molar-refractivity contribution in [2.75, 3.05) is 0 Å². The van der Waals surface area contributed by atoms with Crippen LogP contribution in [0, 0.1) is 0 Å². The lowest BCUT2D eigenvalue weighted by Gasteiger charge is -2.23. The van der Waals surface area contributed by atoms with E-state index in [4.69, 9.17) is 0 Å². The molecule has 1 aliphatic rings. The zero-order valence-electron chi connectivity index (χ0n) is 22.4.